The minimum atomic E-state index is -2.42. The van der Waals surface area contributed by atoms with Crippen molar-refractivity contribution >= 4 is 35.8 Å². The number of ketones is 1. The van der Waals surface area contributed by atoms with Crippen molar-refractivity contribution in [3.8, 4) is 0 Å². The van der Waals surface area contributed by atoms with Crippen LogP contribution in [0.4, 0.5) is 4.79 Å². The molecule has 3 aliphatic carbocycles. The van der Waals surface area contributed by atoms with Gasteiger partial charge in [0.25, 0.3) is 0 Å². The van der Waals surface area contributed by atoms with E-state index in [1.54, 1.807) is 101 Å². The molecule has 352 valence electrons. The summed E-state index contributed by atoms with van der Waals surface area (Å²) in [5.74, 6) is -6.39. The number of amides is 1. The third kappa shape index (κ3) is 8.39. The fourth-order valence-electron chi connectivity index (χ4n) is 10.4. The number of ether oxygens (including phenoxy) is 6. The van der Waals surface area contributed by atoms with Gasteiger partial charge in [0.2, 0.25) is 6.10 Å². The molecule has 16 nitrogen and oxygen atoms in total. The Balaban J connectivity index is 1.39. The predicted molar refractivity (Wildman–Crippen MR) is 233 cm³/mol. The summed E-state index contributed by atoms with van der Waals surface area (Å²) in [7, 11) is 0. The molecule has 0 spiro atoms. The Hall–Kier alpha value is -5.94. The Morgan fingerprint density at radius 1 is 0.833 bits per heavy atom. The van der Waals surface area contributed by atoms with Gasteiger partial charge in [-0.2, -0.15) is 0 Å². The van der Waals surface area contributed by atoms with Crippen LogP contribution in [0.15, 0.2) is 102 Å². The summed E-state index contributed by atoms with van der Waals surface area (Å²) in [5.41, 5.74) is -8.43. The fraction of sp³-hybridized carbons (Fsp3) is 0.480. The van der Waals surface area contributed by atoms with Gasteiger partial charge in [-0.1, -0.05) is 80.6 Å². The Morgan fingerprint density at radius 3 is 1.92 bits per heavy atom. The van der Waals surface area contributed by atoms with Crippen molar-refractivity contribution in [1.82, 2.24) is 5.32 Å². The summed E-state index contributed by atoms with van der Waals surface area (Å²) < 4.78 is 36.1. The third-order valence-electron chi connectivity index (χ3n) is 13.8. The standard InChI is InChI=1S/C50H57NO15/c1-27-32(62-44(58)38(63-42(56)30-20-14-10-15-21-30)36(29-18-12-9-13-19-29)51-45(59)66-46(3,4)5)25-50(60)41(64-43(57)31-22-16-11-17-23-31)39-48(8,40(55)37(54)35(27)47(50,6)7)33(53)24-34-49(39,26-61-34)65-28(2)52/h9-23,32-34,36-39,41,53-54,60H,24-26H2,1-8H3,(H,51,59)/t32-,33+,34-,36+,37-,38+,39?,41-,48-,49?,50-/m1/s1. The second-order valence-corrected chi connectivity index (χ2v) is 19.3. The lowest BCUT2D eigenvalue weighted by Gasteiger charge is -2.67. The van der Waals surface area contributed by atoms with E-state index >= 15 is 9.59 Å². The van der Waals surface area contributed by atoms with Gasteiger partial charge in [-0.15, -0.1) is 0 Å². The van der Waals surface area contributed by atoms with Gasteiger partial charge >= 0.3 is 30.0 Å². The van der Waals surface area contributed by atoms with Gasteiger partial charge in [0.1, 0.15) is 41.7 Å². The zero-order chi connectivity index (χ0) is 48.1. The van der Waals surface area contributed by atoms with Crippen LogP contribution in [-0.4, -0.2) is 111 Å². The molecule has 66 heavy (non-hydrogen) atoms. The molecule has 1 aliphatic heterocycles. The van der Waals surface area contributed by atoms with Crippen LogP contribution in [0, 0.1) is 16.7 Å². The summed E-state index contributed by atoms with van der Waals surface area (Å²) in [6.07, 6.45) is -11.7. The first-order valence-electron chi connectivity index (χ1n) is 21.9. The van der Waals surface area contributed by atoms with E-state index in [4.69, 9.17) is 28.4 Å². The number of esters is 4. The number of nitrogens with one attached hydrogen (secondary N) is 1. The molecule has 2 bridgehead atoms. The first-order chi connectivity index (χ1) is 31.0. The maximum Gasteiger partial charge on any atom is 0.408 e. The van der Waals surface area contributed by atoms with Crippen molar-refractivity contribution in [3.05, 3.63) is 119 Å². The van der Waals surface area contributed by atoms with Crippen molar-refractivity contribution in [3.63, 3.8) is 0 Å². The van der Waals surface area contributed by atoms with E-state index in [1.807, 2.05) is 0 Å². The Kier molecular flexibility index (Phi) is 12.9. The number of carbonyl (C=O) groups excluding carboxylic acids is 6. The number of aliphatic hydroxyl groups is 3. The highest BCUT2D eigenvalue weighted by Crippen LogP contribution is 2.64. The Morgan fingerprint density at radius 2 is 1.39 bits per heavy atom. The van der Waals surface area contributed by atoms with Crippen LogP contribution in [0.5, 0.6) is 0 Å². The van der Waals surface area contributed by atoms with E-state index in [0.29, 0.717) is 5.56 Å². The van der Waals surface area contributed by atoms with Crippen LogP contribution in [-0.2, 0) is 42.8 Å². The maximum atomic E-state index is 15.2. The van der Waals surface area contributed by atoms with Gasteiger partial charge in [0.05, 0.1) is 35.2 Å². The third-order valence-corrected chi connectivity index (χ3v) is 13.8. The molecule has 1 amide bonds. The smallest absolute Gasteiger partial charge is 0.408 e. The number of hydrogen-bond acceptors (Lipinski definition) is 15. The predicted octanol–water partition coefficient (Wildman–Crippen LogP) is 5.12. The van der Waals surface area contributed by atoms with E-state index in [0.717, 1.165) is 6.92 Å². The van der Waals surface area contributed by atoms with Crippen molar-refractivity contribution in [2.45, 2.75) is 128 Å². The number of benzene rings is 3. The highest BCUT2D eigenvalue weighted by atomic mass is 16.6. The molecule has 4 aliphatic rings. The molecule has 2 saturated carbocycles. The lowest BCUT2D eigenvalue weighted by atomic mass is 9.44. The van der Waals surface area contributed by atoms with Crippen molar-refractivity contribution < 1.29 is 72.5 Å². The molecule has 3 fully saturated rings. The van der Waals surface area contributed by atoms with Gasteiger partial charge in [-0.3, -0.25) is 9.59 Å². The molecular weight excluding hydrogens is 855 g/mol. The lowest BCUT2D eigenvalue weighted by Crippen LogP contribution is -2.81. The van der Waals surface area contributed by atoms with Gasteiger partial charge in [-0.25, -0.2) is 19.2 Å². The van der Waals surface area contributed by atoms with Gasteiger partial charge in [0, 0.05) is 25.2 Å². The molecule has 3 aromatic carbocycles. The second-order valence-electron chi connectivity index (χ2n) is 19.3. The van der Waals surface area contributed by atoms with E-state index in [1.165, 1.54) is 38.1 Å². The first kappa shape index (κ1) is 48.0. The molecule has 0 radical (unpaired) electrons. The summed E-state index contributed by atoms with van der Waals surface area (Å²) in [6.45, 7) is 11.7. The Labute approximate surface area is 382 Å². The van der Waals surface area contributed by atoms with Gasteiger partial charge in [-0.05, 0) is 75.6 Å². The molecule has 7 rings (SSSR count). The summed E-state index contributed by atoms with van der Waals surface area (Å²) in [4.78, 5) is 84.8. The average Bonchev–Trinajstić information content (AvgIpc) is 3.26. The van der Waals surface area contributed by atoms with Gasteiger partial charge in [0.15, 0.2) is 11.4 Å². The zero-order valence-corrected chi connectivity index (χ0v) is 38.1. The second kappa shape index (κ2) is 17.7. The van der Waals surface area contributed by atoms with Crippen molar-refractivity contribution in [2.24, 2.45) is 16.7 Å². The summed E-state index contributed by atoms with van der Waals surface area (Å²) in [5, 5.41) is 40.8. The van der Waals surface area contributed by atoms with Crippen LogP contribution >= 0.6 is 0 Å². The SMILES string of the molecule is CC(=O)OC12CO[C@@H]1C[C@H](O)[C@@]1(C)C(=O)[C@H](O)C3=C(C)[C@H](OC(=O)[C@@H](OC(=O)c4ccccc4)[C@@H](NC(=O)OC(C)(C)C)c4ccccc4)C[C@@](O)([C@H](OC(=O)c4ccccc4)C21)C3(C)C. The molecule has 2 unspecified atom stereocenters. The molecular formula is C50H57NO15. The topological polar surface area (TPSA) is 231 Å². The van der Waals surface area contributed by atoms with Crippen molar-refractivity contribution in [2.75, 3.05) is 6.61 Å². The number of alkyl carbamates (subject to hydrolysis) is 1. The average molecular weight is 912 g/mol. The van der Waals surface area contributed by atoms with Crippen LogP contribution in [0.2, 0.25) is 0 Å². The number of carbonyl (C=O) groups is 6. The minimum absolute atomic E-state index is 0.0616. The maximum absolute atomic E-state index is 15.2. The van der Waals surface area contributed by atoms with E-state index in [9.17, 15) is 34.5 Å². The fourth-order valence-corrected chi connectivity index (χ4v) is 10.4. The van der Waals surface area contributed by atoms with Crippen LogP contribution in [0.25, 0.3) is 0 Å². The first-order valence-corrected chi connectivity index (χ1v) is 21.9. The van der Waals surface area contributed by atoms with Gasteiger partial charge < -0.3 is 49.1 Å². The highest BCUT2D eigenvalue weighted by Gasteiger charge is 2.78. The van der Waals surface area contributed by atoms with Crippen LogP contribution in [0.1, 0.15) is 101 Å². The quantitative estimate of drug-likeness (QED) is 0.117. The summed E-state index contributed by atoms with van der Waals surface area (Å²) in [6, 6.07) is 22.4. The van der Waals surface area contributed by atoms with E-state index in [-0.39, 0.29) is 35.3 Å². The zero-order valence-electron chi connectivity index (χ0n) is 38.1. The molecule has 4 N–H and O–H groups in total. The highest BCUT2D eigenvalue weighted by molar-refractivity contribution is 5.94. The number of aliphatic hydroxyl groups excluding tert-OH is 2. The number of fused-ring (bicyclic) bond motifs is 5. The lowest BCUT2D eigenvalue weighted by molar-refractivity contribution is -0.346. The molecule has 1 heterocycles. The molecule has 3 aromatic rings. The molecule has 11 atom stereocenters. The summed E-state index contributed by atoms with van der Waals surface area (Å²) >= 11 is 0. The van der Waals surface area contributed by atoms with Crippen molar-refractivity contribution in [1.29, 1.82) is 0 Å². The van der Waals surface area contributed by atoms with Crippen LogP contribution < -0.4 is 5.32 Å². The molecule has 16 heteroatoms. The normalized spacial score (nSPS) is 30.9. The minimum Gasteiger partial charge on any atom is -0.455 e. The van der Waals surface area contributed by atoms with E-state index < -0.39 is 118 Å². The number of rotatable bonds is 10. The molecule has 0 aromatic heterocycles. The number of Topliss-reactive ketones (excluding diaryl/α,β-unsaturated/α-hetero) is 1. The monoisotopic (exact) mass is 911 g/mol. The number of hydrogen-bond donors (Lipinski definition) is 4. The van der Waals surface area contributed by atoms with Crippen LogP contribution in [0.3, 0.4) is 0 Å². The largest absolute Gasteiger partial charge is 0.455 e. The molecule has 1 saturated heterocycles. The van der Waals surface area contributed by atoms with E-state index in [2.05, 4.69) is 5.32 Å². The Bertz CT molecular complexity index is 2400.